The molecule has 1 N–H and O–H groups in total. The monoisotopic (exact) mass is 545 g/mol. The van der Waals surface area contributed by atoms with Crippen molar-refractivity contribution in [3.8, 4) is 17.1 Å². The molecule has 0 aliphatic carbocycles. The molecule has 0 bridgehead atoms. The number of hydrogen-bond donors (Lipinski definition) is 1. The van der Waals surface area contributed by atoms with Gasteiger partial charge in [0.05, 0.1) is 17.6 Å². The standard InChI is InChI=1S/C34H35N5O2/c1-35-34(40)27-15-16-32-30(22-27)36-33(26-12-8-13-29(21-26)41-24-25-9-4-3-5-10-25)39(32)23-28-11-6-7-14-31(28)38-19-17-37(2)18-20-38/h3-16,21-22H,17-20,23-24H2,1-2H3,(H,35,40). The van der Waals surface area contributed by atoms with Crippen LogP contribution < -0.4 is 15.0 Å². The lowest BCUT2D eigenvalue weighted by atomic mass is 10.1. The Morgan fingerprint density at radius 3 is 2.46 bits per heavy atom. The Morgan fingerprint density at radius 1 is 0.878 bits per heavy atom. The molecule has 0 spiro atoms. The summed E-state index contributed by atoms with van der Waals surface area (Å²) in [6.07, 6.45) is 0. The molecule has 1 aliphatic rings. The molecule has 41 heavy (non-hydrogen) atoms. The van der Waals surface area contributed by atoms with Gasteiger partial charge in [0.1, 0.15) is 18.2 Å². The molecule has 0 saturated carbocycles. The first-order chi connectivity index (χ1) is 20.1. The lowest BCUT2D eigenvalue weighted by Gasteiger charge is -2.35. The Balaban J connectivity index is 1.39. The number of carbonyl (C=O) groups excluding carboxylic acids is 1. The quantitative estimate of drug-likeness (QED) is 0.281. The summed E-state index contributed by atoms with van der Waals surface area (Å²) in [5, 5.41) is 2.72. The van der Waals surface area contributed by atoms with Crippen LogP contribution in [0, 0.1) is 0 Å². The number of rotatable bonds is 8. The zero-order valence-corrected chi connectivity index (χ0v) is 23.6. The third kappa shape index (κ3) is 5.81. The Morgan fingerprint density at radius 2 is 1.66 bits per heavy atom. The van der Waals surface area contributed by atoms with Crippen molar-refractivity contribution in [1.29, 1.82) is 0 Å². The number of hydrogen-bond acceptors (Lipinski definition) is 5. The van der Waals surface area contributed by atoms with E-state index < -0.39 is 0 Å². The molecular formula is C34H35N5O2. The van der Waals surface area contributed by atoms with Crippen LogP contribution in [0.5, 0.6) is 5.75 Å². The van der Waals surface area contributed by atoms with Crippen LogP contribution in [-0.4, -0.2) is 60.6 Å². The fourth-order valence-electron chi connectivity index (χ4n) is 5.43. The highest BCUT2D eigenvalue weighted by atomic mass is 16.5. The second-order valence-corrected chi connectivity index (χ2v) is 10.5. The van der Waals surface area contributed by atoms with Crippen LogP contribution in [0.15, 0.2) is 97.1 Å². The highest BCUT2D eigenvalue weighted by molar-refractivity contribution is 5.97. The molecule has 208 valence electrons. The fraction of sp³-hybridized carbons (Fsp3) is 0.235. The SMILES string of the molecule is CNC(=O)c1ccc2c(c1)nc(-c1cccc(OCc3ccccc3)c1)n2Cc1ccccc1N1CCN(C)CC1. The van der Waals surface area contributed by atoms with Crippen molar-refractivity contribution in [3.63, 3.8) is 0 Å². The molecule has 1 saturated heterocycles. The van der Waals surface area contributed by atoms with Crippen LogP contribution in [0.3, 0.4) is 0 Å². The molecule has 7 heteroatoms. The van der Waals surface area contributed by atoms with Crippen molar-refractivity contribution in [1.82, 2.24) is 19.8 Å². The normalized spacial score (nSPS) is 13.9. The number of likely N-dealkylation sites (N-methyl/N-ethyl adjacent to an activating group) is 1. The van der Waals surface area contributed by atoms with Crippen LogP contribution in [0.1, 0.15) is 21.5 Å². The molecule has 1 fully saturated rings. The van der Waals surface area contributed by atoms with E-state index in [9.17, 15) is 4.79 Å². The molecule has 0 atom stereocenters. The number of ether oxygens (including phenoxy) is 1. The second kappa shape index (κ2) is 11.9. The summed E-state index contributed by atoms with van der Waals surface area (Å²) in [5.41, 5.74) is 6.94. The number of nitrogens with zero attached hydrogens (tertiary/aromatic N) is 4. The van der Waals surface area contributed by atoms with Gasteiger partial charge in [-0.25, -0.2) is 4.98 Å². The molecule has 6 rings (SSSR count). The van der Waals surface area contributed by atoms with Crippen LogP contribution in [0.4, 0.5) is 5.69 Å². The van der Waals surface area contributed by atoms with Gasteiger partial charge in [0.25, 0.3) is 5.91 Å². The summed E-state index contributed by atoms with van der Waals surface area (Å²) >= 11 is 0. The third-order valence-electron chi connectivity index (χ3n) is 7.74. The lowest BCUT2D eigenvalue weighted by Crippen LogP contribution is -2.44. The van der Waals surface area contributed by atoms with Crippen molar-refractivity contribution in [2.75, 3.05) is 45.2 Å². The number of para-hydroxylation sites is 1. The smallest absolute Gasteiger partial charge is 0.251 e. The first-order valence-corrected chi connectivity index (χ1v) is 14.1. The van der Waals surface area contributed by atoms with E-state index in [0.717, 1.165) is 59.9 Å². The Hall–Kier alpha value is -4.62. The van der Waals surface area contributed by atoms with E-state index in [0.29, 0.717) is 18.7 Å². The van der Waals surface area contributed by atoms with Crippen molar-refractivity contribution < 1.29 is 9.53 Å². The summed E-state index contributed by atoms with van der Waals surface area (Å²) in [6.45, 7) is 5.25. The highest BCUT2D eigenvalue weighted by Crippen LogP contribution is 2.31. The zero-order valence-electron chi connectivity index (χ0n) is 23.6. The van der Waals surface area contributed by atoms with Crippen molar-refractivity contribution in [2.45, 2.75) is 13.2 Å². The maximum absolute atomic E-state index is 12.4. The summed E-state index contributed by atoms with van der Waals surface area (Å²) in [4.78, 5) is 22.3. The van der Waals surface area contributed by atoms with Crippen molar-refractivity contribution in [3.05, 3.63) is 114 Å². The number of aromatic nitrogens is 2. The van der Waals surface area contributed by atoms with Gasteiger partial charge in [0, 0.05) is 50.0 Å². The van der Waals surface area contributed by atoms with E-state index in [4.69, 9.17) is 9.72 Å². The van der Waals surface area contributed by atoms with Gasteiger partial charge in [0.2, 0.25) is 0 Å². The summed E-state index contributed by atoms with van der Waals surface area (Å²) < 4.78 is 8.42. The molecule has 1 aliphatic heterocycles. The first-order valence-electron chi connectivity index (χ1n) is 14.1. The largest absolute Gasteiger partial charge is 0.489 e. The maximum atomic E-state index is 12.4. The number of amides is 1. The van der Waals surface area contributed by atoms with E-state index in [2.05, 4.69) is 69.2 Å². The molecular weight excluding hydrogens is 510 g/mol. The highest BCUT2D eigenvalue weighted by Gasteiger charge is 2.20. The number of imidazole rings is 1. The fourth-order valence-corrected chi connectivity index (χ4v) is 5.43. The summed E-state index contributed by atoms with van der Waals surface area (Å²) in [5.74, 6) is 1.50. The number of nitrogens with one attached hydrogen (secondary N) is 1. The van der Waals surface area contributed by atoms with Crippen LogP contribution in [0.2, 0.25) is 0 Å². The molecule has 4 aromatic carbocycles. The van der Waals surface area contributed by atoms with Crippen LogP contribution >= 0.6 is 0 Å². The van der Waals surface area contributed by atoms with Gasteiger partial charge >= 0.3 is 0 Å². The van der Waals surface area contributed by atoms with E-state index in [1.807, 2.05) is 54.6 Å². The molecule has 7 nitrogen and oxygen atoms in total. The minimum Gasteiger partial charge on any atom is -0.489 e. The lowest BCUT2D eigenvalue weighted by molar-refractivity contribution is 0.0963. The van der Waals surface area contributed by atoms with E-state index in [1.165, 1.54) is 11.3 Å². The molecule has 0 unspecified atom stereocenters. The number of carbonyl (C=O) groups is 1. The first kappa shape index (κ1) is 26.6. The summed E-state index contributed by atoms with van der Waals surface area (Å²) in [7, 11) is 3.82. The second-order valence-electron chi connectivity index (χ2n) is 10.5. The van der Waals surface area contributed by atoms with Gasteiger partial charge in [-0.3, -0.25) is 4.79 Å². The van der Waals surface area contributed by atoms with Gasteiger partial charge in [-0.1, -0.05) is 60.7 Å². The molecule has 1 amide bonds. The summed E-state index contributed by atoms with van der Waals surface area (Å²) in [6, 6.07) is 32.7. The maximum Gasteiger partial charge on any atom is 0.251 e. The minimum atomic E-state index is -0.125. The number of piperazine rings is 1. The Kier molecular flexibility index (Phi) is 7.69. The number of fused-ring (bicyclic) bond motifs is 1. The van der Waals surface area contributed by atoms with Gasteiger partial charge in [-0.2, -0.15) is 0 Å². The van der Waals surface area contributed by atoms with Crippen LogP contribution in [-0.2, 0) is 13.2 Å². The topological polar surface area (TPSA) is 62.6 Å². The Labute approximate surface area is 241 Å². The van der Waals surface area contributed by atoms with Crippen LogP contribution in [0.25, 0.3) is 22.4 Å². The van der Waals surface area contributed by atoms with Gasteiger partial charge in [-0.05, 0) is 54.6 Å². The average Bonchev–Trinajstić information content (AvgIpc) is 3.38. The molecule has 5 aromatic rings. The third-order valence-corrected chi connectivity index (χ3v) is 7.74. The zero-order chi connectivity index (χ0) is 28.2. The van der Waals surface area contributed by atoms with Gasteiger partial charge in [-0.15, -0.1) is 0 Å². The number of anilines is 1. The van der Waals surface area contributed by atoms with E-state index in [1.54, 1.807) is 7.05 Å². The predicted octanol–water partition coefficient (Wildman–Crippen LogP) is 5.44. The van der Waals surface area contributed by atoms with E-state index in [-0.39, 0.29) is 5.91 Å². The van der Waals surface area contributed by atoms with E-state index >= 15 is 0 Å². The minimum absolute atomic E-state index is 0.125. The van der Waals surface area contributed by atoms with Gasteiger partial charge < -0.3 is 24.4 Å². The predicted molar refractivity (Wildman–Crippen MR) is 165 cm³/mol. The van der Waals surface area contributed by atoms with Crippen molar-refractivity contribution in [2.24, 2.45) is 0 Å². The Bertz CT molecular complexity index is 1650. The average molecular weight is 546 g/mol. The molecule has 2 heterocycles. The van der Waals surface area contributed by atoms with Gasteiger partial charge in [0.15, 0.2) is 0 Å². The van der Waals surface area contributed by atoms with Crippen molar-refractivity contribution >= 4 is 22.6 Å². The number of benzene rings is 4. The molecule has 1 aromatic heterocycles. The molecule has 0 radical (unpaired) electrons.